The van der Waals surface area contributed by atoms with Crippen molar-refractivity contribution < 1.29 is 19.1 Å². The van der Waals surface area contributed by atoms with Gasteiger partial charge in [-0.25, -0.2) is 0 Å². The van der Waals surface area contributed by atoms with Crippen LogP contribution >= 0.6 is 0 Å². The molecule has 1 atom stereocenters. The zero-order valence-electron chi connectivity index (χ0n) is 19.1. The Morgan fingerprint density at radius 1 is 1.00 bits per heavy atom. The molecule has 1 saturated heterocycles. The van der Waals surface area contributed by atoms with E-state index in [1.165, 1.54) is 0 Å². The summed E-state index contributed by atoms with van der Waals surface area (Å²) in [6, 6.07) is 24.0. The number of carbonyl (C=O) groups excluding carboxylic acids is 2. The third-order valence-electron chi connectivity index (χ3n) is 5.47. The van der Waals surface area contributed by atoms with Gasteiger partial charge in [0.25, 0.3) is 11.8 Å². The first-order valence-electron chi connectivity index (χ1n) is 11.4. The normalized spacial score (nSPS) is 15.6. The molecule has 1 unspecified atom stereocenters. The van der Waals surface area contributed by atoms with Crippen molar-refractivity contribution in [3.05, 3.63) is 101 Å². The lowest BCUT2D eigenvalue weighted by molar-refractivity contribution is -0.118. The molecule has 0 radical (unpaired) electrons. The first-order valence-corrected chi connectivity index (χ1v) is 11.4. The summed E-state index contributed by atoms with van der Waals surface area (Å²) >= 11 is 0. The van der Waals surface area contributed by atoms with E-state index in [4.69, 9.17) is 9.47 Å². The Bertz CT molecular complexity index is 1150. The van der Waals surface area contributed by atoms with E-state index >= 15 is 0 Å². The zero-order chi connectivity index (χ0) is 23.8. The third kappa shape index (κ3) is 6.56. The minimum atomic E-state index is -0.370. The topological polar surface area (TPSA) is 76.7 Å². The highest BCUT2D eigenvalue weighted by Gasteiger charge is 2.19. The average Bonchev–Trinajstić information content (AvgIpc) is 3.37. The predicted molar refractivity (Wildman–Crippen MR) is 132 cm³/mol. The molecule has 1 aliphatic heterocycles. The molecule has 3 aromatic rings. The molecule has 1 aliphatic rings. The summed E-state index contributed by atoms with van der Waals surface area (Å²) in [7, 11) is 0. The van der Waals surface area contributed by atoms with E-state index in [1.807, 2.05) is 73.7 Å². The second-order valence-corrected chi connectivity index (χ2v) is 8.21. The van der Waals surface area contributed by atoms with Crippen molar-refractivity contribution in [2.75, 3.05) is 13.2 Å². The Morgan fingerprint density at radius 3 is 2.50 bits per heavy atom. The summed E-state index contributed by atoms with van der Waals surface area (Å²) < 4.78 is 11.5. The Balaban J connectivity index is 1.54. The number of hydrogen-bond donors (Lipinski definition) is 2. The maximum Gasteiger partial charge on any atom is 0.267 e. The van der Waals surface area contributed by atoms with Crippen molar-refractivity contribution in [3.8, 4) is 11.5 Å². The molecule has 2 amide bonds. The molecule has 1 fully saturated rings. The van der Waals surface area contributed by atoms with Crippen LogP contribution in [0.3, 0.4) is 0 Å². The highest BCUT2D eigenvalue weighted by atomic mass is 16.5. The van der Waals surface area contributed by atoms with Crippen LogP contribution in [0.4, 0.5) is 0 Å². The van der Waals surface area contributed by atoms with Crippen LogP contribution in [0.25, 0.3) is 6.08 Å². The second-order valence-electron chi connectivity index (χ2n) is 8.21. The Morgan fingerprint density at radius 2 is 1.76 bits per heavy atom. The minimum absolute atomic E-state index is 0.000556. The van der Waals surface area contributed by atoms with Gasteiger partial charge in [0, 0.05) is 18.7 Å². The van der Waals surface area contributed by atoms with Gasteiger partial charge >= 0.3 is 0 Å². The van der Waals surface area contributed by atoms with E-state index in [2.05, 4.69) is 10.6 Å². The van der Waals surface area contributed by atoms with Gasteiger partial charge in [0.2, 0.25) is 0 Å². The second kappa shape index (κ2) is 11.3. The fourth-order valence-electron chi connectivity index (χ4n) is 3.62. The average molecular weight is 457 g/mol. The monoisotopic (exact) mass is 456 g/mol. The van der Waals surface area contributed by atoms with Gasteiger partial charge < -0.3 is 20.1 Å². The summed E-state index contributed by atoms with van der Waals surface area (Å²) in [5, 5.41) is 5.66. The smallest absolute Gasteiger partial charge is 0.267 e. The highest BCUT2D eigenvalue weighted by molar-refractivity contribution is 6.05. The van der Waals surface area contributed by atoms with Gasteiger partial charge in [-0.05, 0) is 67.8 Å². The van der Waals surface area contributed by atoms with Gasteiger partial charge in [-0.2, -0.15) is 0 Å². The van der Waals surface area contributed by atoms with Crippen LogP contribution in [0.15, 0.2) is 84.6 Å². The van der Waals surface area contributed by atoms with E-state index in [0.717, 1.165) is 24.0 Å². The molecule has 6 nitrogen and oxygen atoms in total. The van der Waals surface area contributed by atoms with Crippen molar-refractivity contribution in [1.82, 2.24) is 10.6 Å². The maximum atomic E-state index is 13.0. The van der Waals surface area contributed by atoms with E-state index < -0.39 is 0 Å². The van der Waals surface area contributed by atoms with Crippen molar-refractivity contribution in [2.24, 2.45) is 0 Å². The van der Waals surface area contributed by atoms with Crippen LogP contribution in [0, 0.1) is 6.92 Å². The molecule has 4 rings (SSSR count). The summed E-state index contributed by atoms with van der Waals surface area (Å²) in [4.78, 5) is 25.9. The number of ether oxygens (including phenoxy) is 2. The molecule has 0 aromatic heterocycles. The Labute approximate surface area is 199 Å². The molecule has 2 N–H and O–H groups in total. The predicted octanol–water partition coefficient (Wildman–Crippen LogP) is 4.85. The number of benzene rings is 3. The molecular formula is C28H28N2O4. The number of nitrogens with one attached hydrogen (secondary N) is 2. The molecular weight excluding hydrogens is 428 g/mol. The molecule has 0 spiro atoms. The van der Waals surface area contributed by atoms with Crippen molar-refractivity contribution in [1.29, 1.82) is 0 Å². The lowest BCUT2D eigenvalue weighted by atomic mass is 10.1. The van der Waals surface area contributed by atoms with Gasteiger partial charge in [0.1, 0.15) is 17.2 Å². The molecule has 0 bridgehead atoms. The van der Waals surface area contributed by atoms with Crippen LogP contribution in [0.5, 0.6) is 11.5 Å². The maximum absolute atomic E-state index is 13.0. The largest absolute Gasteiger partial charge is 0.457 e. The molecule has 0 aliphatic carbocycles. The van der Waals surface area contributed by atoms with Crippen molar-refractivity contribution >= 4 is 17.9 Å². The molecule has 6 heteroatoms. The van der Waals surface area contributed by atoms with E-state index in [-0.39, 0.29) is 23.6 Å². The van der Waals surface area contributed by atoms with Gasteiger partial charge in [-0.15, -0.1) is 0 Å². The highest BCUT2D eigenvalue weighted by Crippen LogP contribution is 2.23. The Kier molecular flexibility index (Phi) is 7.73. The van der Waals surface area contributed by atoms with Crippen LogP contribution in [-0.2, 0) is 9.53 Å². The van der Waals surface area contributed by atoms with E-state index in [0.29, 0.717) is 30.2 Å². The molecule has 34 heavy (non-hydrogen) atoms. The number of hydrogen-bond acceptors (Lipinski definition) is 4. The van der Waals surface area contributed by atoms with Gasteiger partial charge in [0.15, 0.2) is 0 Å². The number of para-hydroxylation sites is 1. The number of amides is 2. The lowest BCUT2D eigenvalue weighted by Crippen LogP contribution is -2.38. The van der Waals surface area contributed by atoms with Crippen LogP contribution in [-0.4, -0.2) is 31.1 Å². The van der Waals surface area contributed by atoms with Gasteiger partial charge in [-0.3, -0.25) is 9.59 Å². The Hall–Kier alpha value is -3.90. The van der Waals surface area contributed by atoms with E-state index in [9.17, 15) is 9.59 Å². The summed E-state index contributed by atoms with van der Waals surface area (Å²) in [5.74, 6) is 0.621. The first-order chi connectivity index (χ1) is 16.6. The molecule has 0 saturated carbocycles. The fourth-order valence-corrected chi connectivity index (χ4v) is 3.62. The number of carbonyl (C=O) groups is 2. The van der Waals surface area contributed by atoms with Gasteiger partial charge in [-0.1, -0.05) is 48.0 Å². The van der Waals surface area contributed by atoms with Crippen LogP contribution < -0.4 is 15.4 Å². The van der Waals surface area contributed by atoms with Gasteiger partial charge in [0.05, 0.1) is 6.10 Å². The molecule has 174 valence electrons. The lowest BCUT2D eigenvalue weighted by Gasteiger charge is -2.14. The third-order valence-corrected chi connectivity index (χ3v) is 5.47. The first kappa shape index (κ1) is 23.3. The summed E-state index contributed by atoms with van der Waals surface area (Å²) in [6.45, 7) is 3.06. The number of aryl methyl sites for hydroxylation is 1. The number of rotatable bonds is 8. The summed E-state index contributed by atoms with van der Waals surface area (Å²) in [6.07, 6.45) is 3.55. The van der Waals surface area contributed by atoms with Crippen LogP contribution in [0.2, 0.25) is 0 Å². The van der Waals surface area contributed by atoms with Crippen LogP contribution in [0.1, 0.15) is 34.3 Å². The quantitative estimate of drug-likeness (QED) is 0.475. The van der Waals surface area contributed by atoms with E-state index in [1.54, 1.807) is 18.2 Å². The van der Waals surface area contributed by atoms with Crippen molar-refractivity contribution in [2.45, 2.75) is 25.9 Å². The SMILES string of the molecule is Cc1ccc(C(=O)N/C(=C\c2cccc(Oc3ccccc3)c2)C(=O)NCC2CCCO2)cc1. The summed E-state index contributed by atoms with van der Waals surface area (Å²) in [5.41, 5.74) is 2.40. The zero-order valence-corrected chi connectivity index (χ0v) is 19.1. The minimum Gasteiger partial charge on any atom is -0.457 e. The van der Waals surface area contributed by atoms with Crippen molar-refractivity contribution in [3.63, 3.8) is 0 Å². The standard InChI is InChI=1S/C28H28N2O4/c1-20-12-14-22(15-13-20)27(31)30-26(28(32)29-19-25-11-6-16-33-25)18-21-7-5-10-24(17-21)34-23-8-3-2-4-9-23/h2-5,7-10,12-15,17-18,25H,6,11,16,19H2,1H3,(H,29,32)(H,30,31)/b26-18-. The molecule has 3 aromatic carbocycles. The molecule has 1 heterocycles. The fraction of sp³-hybridized carbons (Fsp3) is 0.214.